The van der Waals surface area contributed by atoms with Gasteiger partial charge >= 0.3 is 6.03 Å². The highest BCUT2D eigenvalue weighted by Crippen LogP contribution is 2.27. The van der Waals surface area contributed by atoms with Gasteiger partial charge in [0.25, 0.3) is 0 Å². The first-order chi connectivity index (χ1) is 22.7. The van der Waals surface area contributed by atoms with Gasteiger partial charge in [-0.15, -0.1) is 11.3 Å². The second-order valence-electron chi connectivity index (χ2n) is 13.0. The molecule has 3 atom stereocenters. The molecule has 14 heteroatoms. The number of phenolic OH excluding ortho intramolecular Hbond substituents is 1. The number of thiazole rings is 1. The van der Waals surface area contributed by atoms with E-state index >= 15 is 0 Å². The van der Waals surface area contributed by atoms with Crippen molar-refractivity contribution in [3.05, 3.63) is 70.2 Å². The first-order valence-corrected chi connectivity index (χ1v) is 18.6. The number of nitrogen functional groups attached to an aromatic ring is 1. The molecule has 4 rings (SSSR count). The Morgan fingerprint density at radius 2 is 1.81 bits per heavy atom. The van der Waals surface area contributed by atoms with Crippen LogP contribution in [0.1, 0.15) is 50.9 Å². The Bertz CT molecular complexity index is 1650. The maximum atomic E-state index is 14.1. The quantitative estimate of drug-likeness (QED) is 0.130. The van der Waals surface area contributed by atoms with Crippen molar-refractivity contribution >= 4 is 39.0 Å². The largest absolute Gasteiger partial charge is 0.506 e. The number of aromatic nitrogens is 1. The molecule has 0 aliphatic carbocycles. The van der Waals surface area contributed by atoms with Crippen molar-refractivity contribution in [2.75, 3.05) is 31.9 Å². The lowest BCUT2D eigenvalue weighted by molar-refractivity contribution is -0.128. The summed E-state index contributed by atoms with van der Waals surface area (Å²) in [7, 11) is -4.14. The number of hydrogen-bond donors (Lipinski definition) is 4. The number of aromatic hydroxyl groups is 1. The Balaban J connectivity index is 1.57. The van der Waals surface area contributed by atoms with Crippen LogP contribution in [0.5, 0.6) is 5.75 Å². The molecule has 48 heavy (non-hydrogen) atoms. The van der Waals surface area contributed by atoms with Crippen molar-refractivity contribution in [3.63, 3.8) is 0 Å². The summed E-state index contributed by atoms with van der Waals surface area (Å²) in [6.07, 6.45) is -0.263. The van der Waals surface area contributed by atoms with Crippen LogP contribution < -0.4 is 11.1 Å². The van der Waals surface area contributed by atoms with Crippen molar-refractivity contribution in [2.24, 2.45) is 11.8 Å². The SMILES string of the molecule is CCc1nc(CN2CCN(C(C(=O)N[C@@H](Cc3ccccc3)[C@H](O)CN(CC(C)C)S(=O)(=O)c3ccc(O)c(N)c3)C(C)C)C2=O)cs1. The fourth-order valence-electron chi connectivity index (χ4n) is 5.87. The van der Waals surface area contributed by atoms with E-state index in [1.807, 2.05) is 70.3 Å². The van der Waals surface area contributed by atoms with Crippen LogP contribution in [0, 0.1) is 11.8 Å². The lowest BCUT2D eigenvalue weighted by Crippen LogP contribution is -2.57. The van der Waals surface area contributed by atoms with E-state index in [2.05, 4.69) is 10.3 Å². The fourth-order valence-corrected chi connectivity index (χ4v) is 8.26. The molecule has 3 aromatic rings. The maximum absolute atomic E-state index is 14.1. The summed E-state index contributed by atoms with van der Waals surface area (Å²) >= 11 is 1.56. The van der Waals surface area contributed by atoms with E-state index in [0.717, 1.165) is 22.7 Å². The van der Waals surface area contributed by atoms with Crippen LogP contribution in [0.4, 0.5) is 10.5 Å². The number of benzene rings is 2. The average Bonchev–Trinajstić information content (AvgIpc) is 3.64. The number of carbonyl (C=O) groups is 2. The standard InChI is InChI=1S/C34H48N6O6S2/c1-6-31-36-25(21-47-31)19-38-14-15-40(34(38)44)32(23(4)5)33(43)37-28(16-24-10-8-7-9-11-24)30(42)20-39(18-22(2)3)48(45,46)26-12-13-29(41)27(35)17-26/h7-13,17,21-23,28,30,32,41-42H,6,14-16,18-20,35H2,1-5H3,(H,37,43)/t28-,30+,32?/m0/s1. The summed E-state index contributed by atoms with van der Waals surface area (Å²) < 4.78 is 28.8. The van der Waals surface area contributed by atoms with Crippen LogP contribution in [0.25, 0.3) is 0 Å². The molecule has 12 nitrogen and oxygen atoms in total. The van der Waals surface area contributed by atoms with Gasteiger partial charge in [-0.05, 0) is 48.4 Å². The van der Waals surface area contributed by atoms with Crippen molar-refractivity contribution in [3.8, 4) is 5.75 Å². The maximum Gasteiger partial charge on any atom is 0.321 e. The molecule has 2 heterocycles. The molecular formula is C34H48N6O6S2. The number of phenols is 1. The van der Waals surface area contributed by atoms with Gasteiger partial charge in [-0.2, -0.15) is 4.31 Å². The molecule has 1 fully saturated rings. The Morgan fingerprint density at radius 1 is 1.10 bits per heavy atom. The number of nitrogens with two attached hydrogens (primary N) is 1. The zero-order chi connectivity index (χ0) is 35.2. The minimum atomic E-state index is -4.14. The van der Waals surface area contributed by atoms with E-state index in [9.17, 15) is 28.2 Å². The molecule has 1 unspecified atom stereocenters. The highest BCUT2D eigenvalue weighted by atomic mass is 32.2. The van der Waals surface area contributed by atoms with Crippen LogP contribution >= 0.6 is 11.3 Å². The van der Waals surface area contributed by atoms with Gasteiger partial charge in [0, 0.05) is 31.6 Å². The summed E-state index contributed by atoms with van der Waals surface area (Å²) in [6.45, 7) is 10.5. The summed E-state index contributed by atoms with van der Waals surface area (Å²) in [5.41, 5.74) is 7.39. The first-order valence-electron chi connectivity index (χ1n) is 16.3. The van der Waals surface area contributed by atoms with Crippen LogP contribution in [-0.4, -0.2) is 94.0 Å². The first kappa shape index (κ1) is 37.1. The van der Waals surface area contributed by atoms with Gasteiger partial charge in [0.2, 0.25) is 15.9 Å². The number of urea groups is 1. The van der Waals surface area contributed by atoms with Gasteiger partial charge in [-0.25, -0.2) is 18.2 Å². The zero-order valence-electron chi connectivity index (χ0n) is 28.2. The Morgan fingerprint density at radius 3 is 2.42 bits per heavy atom. The third-order valence-corrected chi connectivity index (χ3v) is 11.2. The minimum absolute atomic E-state index is 0.0811. The highest BCUT2D eigenvalue weighted by molar-refractivity contribution is 7.89. The summed E-state index contributed by atoms with van der Waals surface area (Å²) in [6, 6.07) is 11.0. The molecule has 1 saturated heterocycles. The monoisotopic (exact) mass is 700 g/mol. The summed E-state index contributed by atoms with van der Waals surface area (Å²) in [5.74, 6) is -0.988. The van der Waals surface area contributed by atoms with Gasteiger partial charge in [0.15, 0.2) is 0 Å². The number of sulfonamides is 1. The number of aliphatic hydroxyl groups excluding tert-OH is 1. The second-order valence-corrected chi connectivity index (χ2v) is 15.9. The molecule has 1 aliphatic heterocycles. The molecule has 1 aromatic heterocycles. The van der Waals surface area contributed by atoms with E-state index in [0.29, 0.717) is 19.6 Å². The topological polar surface area (TPSA) is 169 Å². The van der Waals surface area contributed by atoms with Crippen molar-refractivity contribution in [1.29, 1.82) is 0 Å². The molecular weight excluding hydrogens is 653 g/mol. The molecule has 1 aliphatic rings. The predicted molar refractivity (Wildman–Crippen MR) is 187 cm³/mol. The summed E-state index contributed by atoms with van der Waals surface area (Å²) in [4.78, 5) is 35.4. The fraction of sp³-hybridized carbons (Fsp3) is 0.500. The van der Waals surface area contributed by atoms with Crippen LogP contribution in [-0.2, 0) is 34.2 Å². The third kappa shape index (κ3) is 9.04. The van der Waals surface area contributed by atoms with E-state index in [1.165, 1.54) is 22.5 Å². The summed E-state index contributed by atoms with van der Waals surface area (Å²) in [5, 5.41) is 27.5. The number of carbonyl (C=O) groups excluding carboxylic acids is 2. The number of amides is 3. The number of anilines is 1. The number of aliphatic hydroxyl groups is 1. The number of nitrogens with zero attached hydrogens (tertiary/aromatic N) is 4. The Hall–Kier alpha value is -3.72. The van der Waals surface area contributed by atoms with Gasteiger partial charge in [0.05, 0.1) is 40.0 Å². The molecule has 2 aromatic carbocycles. The van der Waals surface area contributed by atoms with Crippen molar-refractivity contribution < 1.29 is 28.2 Å². The van der Waals surface area contributed by atoms with Gasteiger partial charge < -0.3 is 31.1 Å². The van der Waals surface area contributed by atoms with Gasteiger partial charge in [0.1, 0.15) is 11.8 Å². The molecule has 0 bridgehead atoms. The Kier molecular flexibility index (Phi) is 12.5. The number of aryl methyl sites for hydroxylation is 1. The molecule has 0 saturated carbocycles. The number of hydrogen-bond acceptors (Lipinski definition) is 9. The lowest BCUT2D eigenvalue weighted by atomic mass is 9.97. The lowest BCUT2D eigenvalue weighted by Gasteiger charge is -2.34. The van der Waals surface area contributed by atoms with Crippen molar-refractivity contribution in [1.82, 2.24) is 24.4 Å². The van der Waals surface area contributed by atoms with Crippen LogP contribution in [0.15, 0.2) is 58.8 Å². The number of nitrogens with one attached hydrogen (secondary N) is 1. The highest BCUT2D eigenvalue weighted by Gasteiger charge is 2.40. The van der Waals surface area contributed by atoms with Crippen molar-refractivity contribution in [2.45, 2.75) is 77.1 Å². The van der Waals surface area contributed by atoms with E-state index < -0.39 is 34.1 Å². The molecule has 0 radical (unpaired) electrons. The molecule has 262 valence electrons. The predicted octanol–water partition coefficient (Wildman–Crippen LogP) is 3.69. The van der Waals surface area contributed by atoms with E-state index in [4.69, 9.17) is 5.73 Å². The smallest absolute Gasteiger partial charge is 0.321 e. The van der Waals surface area contributed by atoms with Gasteiger partial charge in [-0.1, -0.05) is 65.0 Å². The van der Waals surface area contributed by atoms with Crippen LogP contribution in [0.2, 0.25) is 0 Å². The number of rotatable bonds is 16. The molecule has 3 amide bonds. The average molecular weight is 701 g/mol. The van der Waals surface area contributed by atoms with E-state index in [-0.39, 0.29) is 53.7 Å². The van der Waals surface area contributed by atoms with E-state index in [1.54, 1.807) is 21.1 Å². The van der Waals surface area contributed by atoms with Gasteiger partial charge in [-0.3, -0.25) is 4.79 Å². The normalized spacial score (nSPS) is 15.8. The minimum Gasteiger partial charge on any atom is -0.506 e. The molecule has 0 spiro atoms. The molecule has 5 N–H and O–H groups in total. The second kappa shape index (κ2) is 16.1. The van der Waals surface area contributed by atoms with Crippen LogP contribution in [0.3, 0.4) is 0 Å². The Labute approximate surface area is 287 Å². The third-order valence-electron chi connectivity index (χ3n) is 8.30. The zero-order valence-corrected chi connectivity index (χ0v) is 29.9.